The molecule has 0 spiro atoms. The van der Waals surface area contributed by atoms with Gasteiger partial charge in [-0.15, -0.1) is 11.3 Å². The lowest BCUT2D eigenvalue weighted by atomic mass is 9.99. The predicted octanol–water partition coefficient (Wildman–Crippen LogP) is 4.31. The lowest BCUT2D eigenvalue weighted by Crippen LogP contribution is -2.35. The predicted molar refractivity (Wildman–Crippen MR) is 115 cm³/mol. The third-order valence-electron chi connectivity index (χ3n) is 5.55. The van der Waals surface area contributed by atoms with Gasteiger partial charge in [-0.05, 0) is 69.1 Å². The molecule has 0 bridgehead atoms. The quantitative estimate of drug-likeness (QED) is 0.630. The molecule has 1 aromatic carbocycles. The number of hydrogen-bond acceptors (Lipinski definition) is 5. The maximum absolute atomic E-state index is 12.5. The SMILES string of the molecule is COc1ccc2cc3cc(C(=O)NCCCN4CCC(C)CC4)sc3nc2c1. The van der Waals surface area contributed by atoms with Crippen molar-refractivity contribution < 1.29 is 9.53 Å². The van der Waals surface area contributed by atoms with Crippen LogP contribution < -0.4 is 10.1 Å². The van der Waals surface area contributed by atoms with Gasteiger partial charge in [0.1, 0.15) is 10.6 Å². The number of ether oxygens (including phenoxy) is 1. The third-order valence-corrected chi connectivity index (χ3v) is 6.59. The summed E-state index contributed by atoms with van der Waals surface area (Å²) >= 11 is 1.45. The standard InChI is InChI=1S/C22H27N3O2S/c1-15-6-10-25(11-7-15)9-3-8-23-21(26)20-13-17-12-16-4-5-18(27-2)14-19(16)24-22(17)28-20/h4-5,12-15H,3,6-11H2,1-2H3,(H,23,26). The minimum atomic E-state index is -0.00287. The van der Waals surface area contributed by atoms with Crippen molar-refractivity contribution in [3.63, 3.8) is 0 Å². The summed E-state index contributed by atoms with van der Waals surface area (Å²) < 4.78 is 5.28. The van der Waals surface area contributed by atoms with Gasteiger partial charge in [0, 0.05) is 23.4 Å². The molecule has 3 heterocycles. The lowest BCUT2D eigenvalue weighted by molar-refractivity contribution is 0.0954. The molecule has 0 saturated carbocycles. The van der Waals surface area contributed by atoms with Crippen LogP contribution in [-0.4, -0.2) is 49.1 Å². The highest BCUT2D eigenvalue weighted by Gasteiger charge is 2.15. The zero-order valence-corrected chi connectivity index (χ0v) is 17.3. The Balaban J connectivity index is 1.36. The smallest absolute Gasteiger partial charge is 0.261 e. The summed E-state index contributed by atoms with van der Waals surface area (Å²) in [5, 5.41) is 5.12. The van der Waals surface area contributed by atoms with E-state index in [1.165, 1.54) is 37.3 Å². The fraction of sp³-hybridized carbons (Fsp3) is 0.455. The number of carbonyl (C=O) groups is 1. The fourth-order valence-electron chi connectivity index (χ4n) is 3.72. The third kappa shape index (κ3) is 4.28. The number of piperidine rings is 1. The van der Waals surface area contributed by atoms with E-state index in [0.717, 1.165) is 50.6 Å². The zero-order valence-electron chi connectivity index (χ0n) is 16.5. The van der Waals surface area contributed by atoms with E-state index in [9.17, 15) is 4.79 Å². The van der Waals surface area contributed by atoms with Crippen molar-refractivity contribution in [1.29, 1.82) is 0 Å². The molecule has 28 heavy (non-hydrogen) atoms. The number of aromatic nitrogens is 1. The number of amides is 1. The zero-order chi connectivity index (χ0) is 19.5. The number of thiophene rings is 1. The molecular formula is C22H27N3O2S. The highest BCUT2D eigenvalue weighted by Crippen LogP contribution is 2.29. The molecule has 1 aliphatic rings. The minimum Gasteiger partial charge on any atom is -0.497 e. The Kier molecular flexibility index (Phi) is 5.78. The molecule has 3 aromatic rings. The number of carbonyl (C=O) groups excluding carboxylic acids is 1. The molecule has 5 nitrogen and oxygen atoms in total. The Bertz CT molecular complexity index is 976. The number of rotatable bonds is 6. The molecular weight excluding hydrogens is 370 g/mol. The van der Waals surface area contributed by atoms with Crippen LogP contribution >= 0.6 is 11.3 Å². The molecule has 0 radical (unpaired) electrons. The van der Waals surface area contributed by atoms with E-state index in [0.29, 0.717) is 6.54 Å². The monoisotopic (exact) mass is 397 g/mol. The van der Waals surface area contributed by atoms with Crippen molar-refractivity contribution in [2.45, 2.75) is 26.2 Å². The van der Waals surface area contributed by atoms with Gasteiger partial charge in [0.15, 0.2) is 0 Å². The van der Waals surface area contributed by atoms with Gasteiger partial charge in [-0.25, -0.2) is 4.98 Å². The van der Waals surface area contributed by atoms with Crippen molar-refractivity contribution >= 4 is 38.4 Å². The normalized spacial score (nSPS) is 15.9. The van der Waals surface area contributed by atoms with Gasteiger partial charge >= 0.3 is 0 Å². The van der Waals surface area contributed by atoms with Crippen LogP contribution in [0.5, 0.6) is 5.75 Å². The molecule has 1 saturated heterocycles. The fourth-order valence-corrected chi connectivity index (χ4v) is 4.66. The number of methoxy groups -OCH3 is 1. The summed E-state index contributed by atoms with van der Waals surface area (Å²) in [6, 6.07) is 9.88. The van der Waals surface area contributed by atoms with Crippen LogP contribution in [0.1, 0.15) is 35.9 Å². The van der Waals surface area contributed by atoms with Gasteiger partial charge in [-0.3, -0.25) is 4.79 Å². The van der Waals surface area contributed by atoms with Gasteiger partial charge in [0.2, 0.25) is 0 Å². The first-order chi connectivity index (χ1) is 13.6. The highest BCUT2D eigenvalue weighted by atomic mass is 32.1. The van der Waals surface area contributed by atoms with Crippen LogP contribution in [0.15, 0.2) is 30.3 Å². The second-order valence-electron chi connectivity index (χ2n) is 7.69. The Morgan fingerprint density at radius 2 is 2.07 bits per heavy atom. The molecule has 4 rings (SSSR count). The molecule has 148 valence electrons. The number of nitrogens with zero attached hydrogens (tertiary/aromatic N) is 2. The van der Waals surface area contributed by atoms with Gasteiger partial charge < -0.3 is 15.0 Å². The summed E-state index contributed by atoms with van der Waals surface area (Å²) in [5.41, 5.74) is 0.886. The van der Waals surface area contributed by atoms with Crippen LogP contribution in [0.25, 0.3) is 21.1 Å². The van der Waals surface area contributed by atoms with Crippen LogP contribution in [0, 0.1) is 5.92 Å². The summed E-state index contributed by atoms with van der Waals surface area (Å²) in [5.74, 6) is 1.64. The Morgan fingerprint density at radius 1 is 1.25 bits per heavy atom. The first-order valence-corrected chi connectivity index (χ1v) is 10.8. The number of pyridine rings is 1. The second kappa shape index (κ2) is 8.45. The number of likely N-dealkylation sites (tertiary alicyclic amines) is 1. The molecule has 6 heteroatoms. The van der Waals surface area contributed by atoms with Crippen LogP contribution in [0.4, 0.5) is 0 Å². The van der Waals surface area contributed by atoms with E-state index in [-0.39, 0.29) is 5.91 Å². The van der Waals surface area contributed by atoms with Crippen LogP contribution in [0.3, 0.4) is 0 Å². The highest BCUT2D eigenvalue weighted by molar-refractivity contribution is 7.20. The van der Waals surface area contributed by atoms with E-state index in [1.807, 2.05) is 24.3 Å². The molecule has 1 amide bonds. The van der Waals surface area contributed by atoms with E-state index in [2.05, 4.69) is 23.2 Å². The van der Waals surface area contributed by atoms with E-state index >= 15 is 0 Å². The summed E-state index contributed by atoms with van der Waals surface area (Å²) in [6.45, 7) is 6.49. The van der Waals surface area contributed by atoms with E-state index < -0.39 is 0 Å². The number of benzene rings is 1. The van der Waals surface area contributed by atoms with Crippen molar-refractivity contribution in [2.24, 2.45) is 5.92 Å². The van der Waals surface area contributed by atoms with Gasteiger partial charge in [-0.1, -0.05) is 6.92 Å². The van der Waals surface area contributed by atoms with Crippen molar-refractivity contribution in [1.82, 2.24) is 15.2 Å². The molecule has 1 N–H and O–H groups in total. The lowest BCUT2D eigenvalue weighted by Gasteiger charge is -2.30. The van der Waals surface area contributed by atoms with Gasteiger partial charge in [0.05, 0.1) is 17.5 Å². The maximum Gasteiger partial charge on any atom is 0.261 e. The van der Waals surface area contributed by atoms with Gasteiger partial charge in [-0.2, -0.15) is 0 Å². The van der Waals surface area contributed by atoms with E-state index in [1.54, 1.807) is 7.11 Å². The van der Waals surface area contributed by atoms with Crippen molar-refractivity contribution in [3.05, 3.63) is 35.2 Å². The maximum atomic E-state index is 12.5. The largest absolute Gasteiger partial charge is 0.497 e. The van der Waals surface area contributed by atoms with Gasteiger partial charge in [0.25, 0.3) is 5.91 Å². The Labute approximate surface area is 169 Å². The molecule has 2 aromatic heterocycles. The molecule has 0 unspecified atom stereocenters. The first kappa shape index (κ1) is 19.2. The average molecular weight is 398 g/mol. The topological polar surface area (TPSA) is 54.5 Å². The van der Waals surface area contributed by atoms with Crippen LogP contribution in [0.2, 0.25) is 0 Å². The summed E-state index contributed by atoms with van der Waals surface area (Å²) in [7, 11) is 1.65. The average Bonchev–Trinajstić information content (AvgIpc) is 3.13. The number of fused-ring (bicyclic) bond motifs is 2. The minimum absolute atomic E-state index is 0.00287. The Morgan fingerprint density at radius 3 is 2.86 bits per heavy atom. The molecule has 0 aliphatic carbocycles. The Hall–Kier alpha value is -2.18. The van der Waals surface area contributed by atoms with Crippen molar-refractivity contribution in [2.75, 3.05) is 33.3 Å². The van der Waals surface area contributed by atoms with Crippen molar-refractivity contribution in [3.8, 4) is 5.75 Å². The van der Waals surface area contributed by atoms with Crippen LogP contribution in [-0.2, 0) is 0 Å². The summed E-state index contributed by atoms with van der Waals surface area (Å²) in [6.07, 6.45) is 3.58. The first-order valence-electron chi connectivity index (χ1n) is 10.0. The van der Waals surface area contributed by atoms with E-state index in [4.69, 9.17) is 9.72 Å². The number of hydrogen-bond donors (Lipinski definition) is 1. The number of nitrogens with one attached hydrogen (secondary N) is 1. The summed E-state index contributed by atoms with van der Waals surface area (Å²) in [4.78, 5) is 21.4. The second-order valence-corrected chi connectivity index (χ2v) is 8.72. The molecule has 1 fully saturated rings. The molecule has 1 aliphatic heterocycles. The molecule has 0 atom stereocenters.